The molecule has 0 atom stereocenters. The van der Waals surface area contributed by atoms with E-state index in [1.807, 2.05) is 35.7 Å². The number of nitrogens with zero attached hydrogens (tertiary/aromatic N) is 4. The number of anilines is 2. The van der Waals surface area contributed by atoms with Crippen molar-refractivity contribution in [3.63, 3.8) is 0 Å². The molecule has 134 valence electrons. The molecule has 3 heterocycles. The van der Waals surface area contributed by atoms with Crippen LogP contribution in [0.4, 0.5) is 11.5 Å². The van der Waals surface area contributed by atoms with Gasteiger partial charge in [-0.15, -0.1) is 11.3 Å². The Morgan fingerprint density at radius 3 is 2.58 bits per heavy atom. The monoisotopic (exact) mass is 388 g/mol. The third-order valence-corrected chi connectivity index (χ3v) is 5.65. The van der Waals surface area contributed by atoms with Crippen molar-refractivity contribution in [3.8, 4) is 0 Å². The number of halogens is 1. The summed E-state index contributed by atoms with van der Waals surface area (Å²) in [5, 5.41) is 2.72. The van der Waals surface area contributed by atoms with Gasteiger partial charge in [-0.25, -0.2) is 14.8 Å². The molecule has 0 aliphatic carbocycles. The van der Waals surface area contributed by atoms with Crippen molar-refractivity contribution in [1.82, 2.24) is 9.97 Å². The number of aromatic nitrogens is 2. The lowest BCUT2D eigenvalue weighted by atomic mass is 10.2. The number of esters is 1. The van der Waals surface area contributed by atoms with Crippen LogP contribution in [0, 0.1) is 0 Å². The molecule has 3 aromatic rings. The molecule has 2 aromatic heterocycles. The number of ether oxygens (including phenoxy) is 1. The highest BCUT2D eigenvalue weighted by atomic mass is 35.5. The van der Waals surface area contributed by atoms with Gasteiger partial charge in [0.05, 0.1) is 28.0 Å². The van der Waals surface area contributed by atoms with E-state index in [9.17, 15) is 4.79 Å². The number of thiophene rings is 1. The van der Waals surface area contributed by atoms with E-state index < -0.39 is 5.97 Å². The molecule has 0 saturated carbocycles. The first kappa shape index (κ1) is 17.1. The maximum atomic E-state index is 11.9. The van der Waals surface area contributed by atoms with Crippen LogP contribution in [0.5, 0.6) is 0 Å². The molecule has 0 amide bonds. The Hall–Kier alpha value is -2.38. The maximum absolute atomic E-state index is 11.9. The lowest BCUT2D eigenvalue weighted by molar-refractivity contribution is 0.0587. The Morgan fingerprint density at radius 2 is 1.85 bits per heavy atom. The molecule has 1 fully saturated rings. The van der Waals surface area contributed by atoms with Crippen molar-refractivity contribution < 1.29 is 9.53 Å². The second kappa shape index (κ2) is 7.09. The molecule has 6 nitrogen and oxygen atoms in total. The first-order valence-corrected chi connectivity index (χ1v) is 9.51. The summed E-state index contributed by atoms with van der Waals surface area (Å²) in [7, 11) is 1.34. The number of hydrogen-bond donors (Lipinski definition) is 0. The largest absolute Gasteiger partial charge is 0.463 e. The van der Waals surface area contributed by atoms with E-state index in [0.717, 1.165) is 52.9 Å². The molecular formula is C18H17ClN4O2S. The predicted octanol–water partition coefficient (Wildman–Crippen LogP) is 3.46. The van der Waals surface area contributed by atoms with Crippen molar-refractivity contribution >= 4 is 50.6 Å². The number of carbonyl (C=O) groups excluding carboxylic acids is 1. The van der Waals surface area contributed by atoms with Crippen LogP contribution in [0.1, 0.15) is 10.6 Å². The van der Waals surface area contributed by atoms with Crippen molar-refractivity contribution in [2.24, 2.45) is 0 Å². The zero-order valence-corrected chi connectivity index (χ0v) is 15.8. The molecule has 4 rings (SSSR count). The smallest absolute Gasteiger partial charge is 0.376 e. The minimum atomic E-state index is -0.519. The van der Waals surface area contributed by atoms with Gasteiger partial charge in [0.15, 0.2) is 5.82 Å². The van der Waals surface area contributed by atoms with Gasteiger partial charge in [-0.2, -0.15) is 0 Å². The van der Waals surface area contributed by atoms with Crippen LogP contribution in [0.2, 0.25) is 5.02 Å². The van der Waals surface area contributed by atoms with E-state index in [0.29, 0.717) is 0 Å². The molecule has 1 aliphatic rings. The SMILES string of the molecule is COC(=O)c1nc(N2CCN(c3ccccc3Cl)CC2)c2sccc2n1. The summed E-state index contributed by atoms with van der Waals surface area (Å²) in [6.45, 7) is 3.23. The van der Waals surface area contributed by atoms with Crippen LogP contribution in [-0.4, -0.2) is 49.2 Å². The molecule has 0 unspecified atom stereocenters. The zero-order valence-electron chi connectivity index (χ0n) is 14.2. The van der Waals surface area contributed by atoms with E-state index in [2.05, 4.69) is 19.8 Å². The van der Waals surface area contributed by atoms with Crippen LogP contribution in [0.25, 0.3) is 10.2 Å². The number of piperazine rings is 1. The van der Waals surface area contributed by atoms with Gasteiger partial charge in [0.2, 0.25) is 5.82 Å². The number of hydrogen-bond acceptors (Lipinski definition) is 7. The molecule has 0 N–H and O–H groups in total. The minimum absolute atomic E-state index is 0.0990. The number of para-hydroxylation sites is 1. The highest BCUT2D eigenvalue weighted by Gasteiger charge is 2.24. The third-order valence-electron chi connectivity index (χ3n) is 4.43. The summed E-state index contributed by atoms with van der Waals surface area (Å²) < 4.78 is 5.78. The molecular weight excluding hydrogens is 372 g/mol. The number of methoxy groups -OCH3 is 1. The highest BCUT2D eigenvalue weighted by molar-refractivity contribution is 7.17. The predicted molar refractivity (Wildman–Crippen MR) is 105 cm³/mol. The number of rotatable bonds is 3. The summed E-state index contributed by atoms with van der Waals surface area (Å²) in [4.78, 5) is 25.2. The molecule has 0 spiro atoms. The molecule has 1 saturated heterocycles. The molecule has 1 aromatic carbocycles. The Balaban J connectivity index is 1.60. The standard InChI is InChI=1S/C18H17ClN4O2S/c1-25-18(24)16-20-13-6-11-26-15(13)17(21-16)23-9-7-22(8-10-23)14-5-3-2-4-12(14)19/h2-6,11H,7-10H2,1H3. The number of fused-ring (bicyclic) bond motifs is 1. The van der Waals surface area contributed by atoms with E-state index in [-0.39, 0.29) is 5.82 Å². The highest BCUT2D eigenvalue weighted by Crippen LogP contribution is 2.31. The van der Waals surface area contributed by atoms with Crippen LogP contribution < -0.4 is 9.80 Å². The first-order valence-electron chi connectivity index (χ1n) is 8.25. The Bertz CT molecular complexity index is 953. The van der Waals surface area contributed by atoms with Crippen molar-refractivity contribution in [1.29, 1.82) is 0 Å². The quantitative estimate of drug-likeness (QED) is 0.640. The summed E-state index contributed by atoms with van der Waals surface area (Å²) in [5.41, 5.74) is 1.82. The van der Waals surface area contributed by atoms with Crippen molar-refractivity contribution in [3.05, 3.63) is 46.6 Å². The second-order valence-electron chi connectivity index (χ2n) is 5.92. The van der Waals surface area contributed by atoms with E-state index in [4.69, 9.17) is 16.3 Å². The van der Waals surface area contributed by atoms with E-state index >= 15 is 0 Å². The molecule has 0 bridgehead atoms. The fourth-order valence-electron chi connectivity index (χ4n) is 3.11. The average Bonchev–Trinajstić information content (AvgIpc) is 3.16. The molecule has 26 heavy (non-hydrogen) atoms. The van der Waals surface area contributed by atoms with Gasteiger partial charge in [-0.3, -0.25) is 0 Å². The summed E-state index contributed by atoms with van der Waals surface area (Å²) in [6.07, 6.45) is 0. The zero-order chi connectivity index (χ0) is 18.1. The second-order valence-corrected chi connectivity index (χ2v) is 7.25. The fourth-order valence-corrected chi connectivity index (χ4v) is 4.22. The van der Waals surface area contributed by atoms with Crippen LogP contribution in [-0.2, 0) is 4.74 Å². The van der Waals surface area contributed by atoms with Crippen LogP contribution in [0.15, 0.2) is 35.7 Å². The first-order chi connectivity index (χ1) is 12.7. The fraction of sp³-hybridized carbons (Fsp3) is 0.278. The van der Waals surface area contributed by atoms with Crippen LogP contribution >= 0.6 is 22.9 Å². The van der Waals surface area contributed by atoms with Gasteiger partial charge in [-0.1, -0.05) is 23.7 Å². The summed E-state index contributed by atoms with van der Waals surface area (Å²) in [6, 6.07) is 9.78. The van der Waals surface area contributed by atoms with Gasteiger partial charge >= 0.3 is 5.97 Å². The van der Waals surface area contributed by atoms with E-state index in [1.54, 1.807) is 11.3 Å². The van der Waals surface area contributed by atoms with Gasteiger partial charge in [0.25, 0.3) is 0 Å². The molecule has 0 radical (unpaired) electrons. The third kappa shape index (κ3) is 3.08. The Labute approximate surface area is 160 Å². The normalized spacial score (nSPS) is 14.7. The Kier molecular flexibility index (Phi) is 4.65. The lowest BCUT2D eigenvalue weighted by Crippen LogP contribution is -2.47. The Morgan fingerprint density at radius 1 is 1.12 bits per heavy atom. The van der Waals surface area contributed by atoms with Gasteiger partial charge in [0.1, 0.15) is 0 Å². The summed E-state index contributed by atoms with van der Waals surface area (Å²) >= 11 is 7.90. The summed E-state index contributed by atoms with van der Waals surface area (Å²) in [5.74, 6) is 0.375. The van der Waals surface area contributed by atoms with Gasteiger partial charge in [-0.05, 0) is 23.6 Å². The number of benzene rings is 1. The number of carbonyl (C=O) groups is 1. The topological polar surface area (TPSA) is 58.6 Å². The minimum Gasteiger partial charge on any atom is -0.463 e. The molecule has 8 heteroatoms. The van der Waals surface area contributed by atoms with Gasteiger partial charge < -0.3 is 14.5 Å². The maximum Gasteiger partial charge on any atom is 0.376 e. The molecule has 1 aliphatic heterocycles. The van der Waals surface area contributed by atoms with Crippen LogP contribution in [0.3, 0.4) is 0 Å². The van der Waals surface area contributed by atoms with Crippen molar-refractivity contribution in [2.75, 3.05) is 43.1 Å². The lowest BCUT2D eigenvalue weighted by Gasteiger charge is -2.37. The van der Waals surface area contributed by atoms with Gasteiger partial charge in [0, 0.05) is 26.2 Å². The van der Waals surface area contributed by atoms with E-state index in [1.165, 1.54) is 7.11 Å². The van der Waals surface area contributed by atoms with Crippen molar-refractivity contribution in [2.45, 2.75) is 0 Å². The average molecular weight is 389 g/mol.